The number of rotatable bonds is 6. The first-order valence-corrected chi connectivity index (χ1v) is 11.9. The van der Waals surface area contributed by atoms with E-state index < -0.39 is 24.5 Å². The Balaban J connectivity index is 1.10. The lowest BCUT2D eigenvalue weighted by molar-refractivity contribution is -0.123. The van der Waals surface area contributed by atoms with Crippen molar-refractivity contribution in [2.45, 2.75) is 44.1 Å². The van der Waals surface area contributed by atoms with Crippen LogP contribution in [0.15, 0.2) is 54.6 Å². The van der Waals surface area contributed by atoms with Crippen LogP contribution < -0.4 is 10.6 Å². The Morgan fingerprint density at radius 1 is 0.765 bits per heavy atom. The van der Waals surface area contributed by atoms with Crippen LogP contribution in [0.25, 0.3) is 0 Å². The number of hydrogen-bond acceptors (Lipinski definition) is 5. The molecule has 4 fully saturated rings. The minimum atomic E-state index is -0.699. The third kappa shape index (κ3) is 4.74. The maximum Gasteiger partial charge on any atom is 0.338 e. The molecule has 4 aliphatic carbocycles. The van der Waals surface area contributed by atoms with E-state index in [1.54, 1.807) is 36.4 Å². The van der Waals surface area contributed by atoms with Gasteiger partial charge >= 0.3 is 12.0 Å². The maximum atomic E-state index is 12.5. The van der Waals surface area contributed by atoms with Crippen molar-refractivity contribution >= 4 is 23.7 Å². The van der Waals surface area contributed by atoms with Gasteiger partial charge in [0.25, 0.3) is 5.91 Å². The van der Waals surface area contributed by atoms with Crippen molar-refractivity contribution in [3.63, 3.8) is 0 Å². The van der Waals surface area contributed by atoms with Crippen LogP contribution in [0.2, 0.25) is 0 Å². The summed E-state index contributed by atoms with van der Waals surface area (Å²) >= 11 is 0. The Hall–Kier alpha value is -3.48. The largest absolute Gasteiger partial charge is 0.452 e. The van der Waals surface area contributed by atoms with Crippen molar-refractivity contribution in [1.29, 1.82) is 0 Å². The first-order chi connectivity index (χ1) is 16.4. The number of esters is 1. The number of imide groups is 1. The molecule has 2 aromatic rings. The highest BCUT2D eigenvalue weighted by molar-refractivity contribution is 6.09. The van der Waals surface area contributed by atoms with Crippen molar-refractivity contribution in [2.75, 3.05) is 6.61 Å². The number of carbonyl (C=O) groups is 4. The van der Waals surface area contributed by atoms with Gasteiger partial charge in [-0.15, -0.1) is 0 Å². The van der Waals surface area contributed by atoms with E-state index in [0.717, 1.165) is 19.3 Å². The monoisotopic (exact) mass is 460 g/mol. The molecule has 0 atom stereocenters. The van der Waals surface area contributed by atoms with Crippen molar-refractivity contribution in [3.05, 3.63) is 71.3 Å². The molecule has 4 bridgehead atoms. The Morgan fingerprint density at radius 2 is 1.29 bits per heavy atom. The molecule has 0 unspecified atom stereocenters. The van der Waals surface area contributed by atoms with Gasteiger partial charge in [-0.2, -0.15) is 0 Å². The second-order valence-electron chi connectivity index (χ2n) is 10.0. The average molecular weight is 461 g/mol. The molecule has 176 valence electrons. The van der Waals surface area contributed by atoms with Gasteiger partial charge in [0.05, 0.1) is 5.56 Å². The Bertz CT molecular complexity index is 1070. The fraction of sp³-hybridized carbons (Fsp3) is 0.407. The number of urea groups is 1. The standard InChI is InChI=1S/C27H28N2O5/c30-23(28-26(33)29-27-13-17-10-18(14-27)12-19(11-17)15-27)16-34-25(32)22-8-6-21(7-9-22)24(31)20-4-2-1-3-5-20/h1-9,17-19H,10-16H2,(H2,28,29,30,33). The summed E-state index contributed by atoms with van der Waals surface area (Å²) in [5.41, 5.74) is 1.02. The molecule has 7 heteroatoms. The quantitative estimate of drug-likeness (QED) is 0.503. The third-order valence-corrected chi connectivity index (χ3v) is 7.42. The first-order valence-electron chi connectivity index (χ1n) is 11.9. The average Bonchev–Trinajstić information content (AvgIpc) is 2.81. The molecule has 3 amide bonds. The summed E-state index contributed by atoms with van der Waals surface area (Å²) in [6.07, 6.45) is 6.74. The highest BCUT2D eigenvalue weighted by atomic mass is 16.5. The molecule has 4 saturated carbocycles. The molecule has 4 aliphatic rings. The van der Waals surface area contributed by atoms with Crippen LogP contribution >= 0.6 is 0 Å². The van der Waals surface area contributed by atoms with E-state index in [9.17, 15) is 19.2 Å². The van der Waals surface area contributed by atoms with Gasteiger partial charge in [-0.05, 0) is 68.4 Å². The lowest BCUT2D eigenvalue weighted by atomic mass is 9.53. The van der Waals surface area contributed by atoms with Crippen LogP contribution in [0.4, 0.5) is 4.79 Å². The van der Waals surface area contributed by atoms with E-state index in [4.69, 9.17) is 4.74 Å². The van der Waals surface area contributed by atoms with E-state index in [1.807, 2.05) is 6.07 Å². The molecule has 2 N–H and O–H groups in total. The highest BCUT2D eigenvalue weighted by Crippen LogP contribution is 2.55. The summed E-state index contributed by atoms with van der Waals surface area (Å²) in [7, 11) is 0. The zero-order valence-corrected chi connectivity index (χ0v) is 18.9. The summed E-state index contributed by atoms with van der Waals surface area (Å²) in [6, 6.07) is 14.4. The summed E-state index contributed by atoms with van der Waals surface area (Å²) in [4.78, 5) is 49.4. The zero-order valence-electron chi connectivity index (χ0n) is 18.9. The van der Waals surface area contributed by atoms with Crippen molar-refractivity contribution < 1.29 is 23.9 Å². The number of nitrogens with one attached hydrogen (secondary N) is 2. The molecule has 6 rings (SSSR count). The van der Waals surface area contributed by atoms with E-state index in [0.29, 0.717) is 28.9 Å². The van der Waals surface area contributed by atoms with Crippen molar-refractivity contribution in [2.24, 2.45) is 17.8 Å². The molecule has 2 aromatic carbocycles. The fourth-order valence-corrected chi connectivity index (χ4v) is 6.43. The van der Waals surface area contributed by atoms with Crippen molar-refractivity contribution in [1.82, 2.24) is 10.6 Å². The molecule has 0 heterocycles. The predicted octanol–water partition coefficient (Wildman–Crippen LogP) is 3.87. The molecule has 0 aromatic heterocycles. The highest BCUT2D eigenvalue weighted by Gasteiger charge is 2.51. The van der Waals surface area contributed by atoms with Gasteiger partial charge < -0.3 is 10.1 Å². The molecule has 34 heavy (non-hydrogen) atoms. The van der Waals surface area contributed by atoms with Crippen LogP contribution in [0, 0.1) is 17.8 Å². The fourth-order valence-electron chi connectivity index (χ4n) is 6.43. The Labute approximate surface area is 198 Å². The van der Waals surface area contributed by atoms with E-state index in [-0.39, 0.29) is 16.9 Å². The SMILES string of the molecule is O=C(COC(=O)c1ccc(C(=O)c2ccccc2)cc1)NC(=O)NC12CC3CC(CC(C3)C1)C2. The molecular weight excluding hydrogens is 432 g/mol. The number of hydrogen-bond donors (Lipinski definition) is 2. The normalized spacial score (nSPS) is 26.5. The van der Waals surface area contributed by atoms with Gasteiger partial charge in [-0.3, -0.25) is 14.9 Å². The van der Waals surface area contributed by atoms with Crippen LogP contribution in [-0.4, -0.2) is 35.8 Å². The maximum absolute atomic E-state index is 12.5. The second-order valence-corrected chi connectivity index (χ2v) is 10.0. The summed E-state index contributed by atoms with van der Waals surface area (Å²) in [5.74, 6) is 0.513. The Morgan fingerprint density at radius 3 is 1.88 bits per heavy atom. The minimum Gasteiger partial charge on any atom is -0.452 e. The molecule has 0 aliphatic heterocycles. The van der Waals surface area contributed by atoms with E-state index >= 15 is 0 Å². The summed E-state index contributed by atoms with van der Waals surface area (Å²) in [5, 5.41) is 5.35. The number of carbonyl (C=O) groups excluding carboxylic acids is 4. The van der Waals surface area contributed by atoms with Crippen LogP contribution in [0.5, 0.6) is 0 Å². The van der Waals surface area contributed by atoms with Crippen molar-refractivity contribution in [3.8, 4) is 0 Å². The van der Waals surface area contributed by atoms with Gasteiger partial charge in [-0.1, -0.05) is 42.5 Å². The minimum absolute atomic E-state index is 0.148. The topological polar surface area (TPSA) is 102 Å². The number of ether oxygens (including phenoxy) is 1. The molecule has 0 saturated heterocycles. The van der Waals surface area contributed by atoms with Gasteiger partial charge in [0.2, 0.25) is 0 Å². The zero-order chi connectivity index (χ0) is 23.7. The lowest BCUT2D eigenvalue weighted by Crippen LogP contribution is -2.62. The molecular formula is C27H28N2O5. The predicted molar refractivity (Wildman–Crippen MR) is 124 cm³/mol. The first kappa shape index (κ1) is 22.3. The van der Waals surface area contributed by atoms with Gasteiger partial charge in [0.1, 0.15) is 0 Å². The molecule has 0 spiro atoms. The third-order valence-electron chi connectivity index (χ3n) is 7.42. The molecule has 0 radical (unpaired) electrons. The van der Waals surface area contributed by atoms with Gasteiger partial charge in [-0.25, -0.2) is 9.59 Å². The van der Waals surface area contributed by atoms with E-state index in [1.165, 1.54) is 31.4 Å². The molecule has 7 nitrogen and oxygen atoms in total. The van der Waals surface area contributed by atoms with Crippen LogP contribution in [-0.2, 0) is 9.53 Å². The summed E-state index contributed by atoms with van der Waals surface area (Å²) in [6.45, 7) is -0.558. The lowest BCUT2D eigenvalue weighted by Gasteiger charge is -2.56. The smallest absolute Gasteiger partial charge is 0.338 e. The van der Waals surface area contributed by atoms with E-state index in [2.05, 4.69) is 10.6 Å². The number of benzene rings is 2. The summed E-state index contributed by atoms with van der Waals surface area (Å²) < 4.78 is 5.05. The van der Waals surface area contributed by atoms with Crippen LogP contribution in [0.3, 0.4) is 0 Å². The van der Waals surface area contributed by atoms with Gasteiger partial charge in [0.15, 0.2) is 12.4 Å². The second kappa shape index (κ2) is 9.05. The Kier molecular flexibility index (Phi) is 5.94. The van der Waals surface area contributed by atoms with Gasteiger partial charge in [0, 0.05) is 16.7 Å². The van der Waals surface area contributed by atoms with Crippen LogP contribution in [0.1, 0.15) is 64.8 Å². The number of amides is 3. The number of ketones is 1.